The molecule has 0 spiro atoms. The number of carbonyl (C=O) groups is 1. The average molecular weight is 437 g/mol. The van der Waals surface area contributed by atoms with Gasteiger partial charge in [0.2, 0.25) is 0 Å². The van der Waals surface area contributed by atoms with Gasteiger partial charge in [-0.1, -0.05) is 24.3 Å². The van der Waals surface area contributed by atoms with Gasteiger partial charge in [0.15, 0.2) is 17.3 Å². The van der Waals surface area contributed by atoms with Gasteiger partial charge in [-0.05, 0) is 75.2 Å². The van der Waals surface area contributed by atoms with Crippen molar-refractivity contribution in [3.05, 3.63) is 81.1 Å². The van der Waals surface area contributed by atoms with E-state index in [0.29, 0.717) is 19.8 Å². The Bertz CT molecular complexity index is 1070. The fourth-order valence-corrected chi connectivity index (χ4v) is 4.13. The minimum Gasteiger partial charge on any atom is -0.490 e. The molecule has 0 radical (unpaired) electrons. The first-order valence-electron chi connectivity index (χ1n) is 10.4. The second-order valence-corrected chi connectivity index (χ2v) is 8.49. The van der Waals surface area contributed by atoms with Crippen molar-refractivity contribution in [3.63, 3.8) is 0 Å². The number of allylic oxidation sites excluding steroid dienone is 1. The van der Waals surface area contributed by atoms with Crippen molar-refractivity contribution < 1.29 is 19.0 Å². The van der Waals surface area contributed by atoms with Crippen LogP contribution in [0, 0.1) is 13.8 Å². The predicted molar refractivity (Wildman–Crippen MR) is 127 cm³/mol. The number of ketones is 1. The Hall–Kier alpha value is -3.05. The van der Waals surface area contributed by atoms with Crippen LogP contribution in [-0.4, -0.2) is 19.0 Å². The van der Waals surface area contributed by atoms with Gasteiger partial charge < -0.3 is 14.2 Å². The third kappa shape index (κ3) is 6.22. The van der Waals surface area contributed by atoms with Crippen LogP contribution in [0.3, 0.4) is 0 Å². The monoisotopic (exact) mass is 436 g/mol. The molecule has 162 valence electrons. The molecule has 5 heteroatoms. The molecule has 0 aliphatic rings. The summed E-state index contributed by atoms with van der Waals surface area (Å²) in [6, 6.07) is 15.5. The van der Waals surface area contributed by atoms with Gasteiger partial charge in [-0.3, -0.25) is 4.79 Å². The Balaban J connectivity index is 1.66. The van der Waals surface area contributed by atoms with E-state index in [2.05, 4.69) is 0 Å². The Labute approximate surface area is 188 Å². The molecule has 0 aliphatic heterocycles. The lowest BCUT2D eigenvalue weighted by Crippen LogP contribution is -2.01. The van der Waals surface area contributed by atoms with Crippen molar-refractivity contribution in [1.29, 1.82) is 0 Å². The first-order chi connectivity index (χ1) is 15.0. The van der Waals surface area contributed by atoms with E-state index in [4.69, 9.17) is 14.2 Å². The molecule has 2 aromatic carbocycles. The summed E-state index contributed by atoms with van der Waals surface area (Å²) < 4.78 is 17.3. The zero-order valence-electron chi connectivity index (χ0n) is 18.4. The van der Waals surface area contributed by atoms with Crippen LogP contribution in [0.25, 0.3) is 6.08 Å². The Kier molecular flexibility index (Phi) is 7.90. The molecular weight excluding hydrogens is 408 g/mol. The highest BCUT2D eigenvalue weighted by atomic mass is 32.1. The maximum atomic E-state index is 12.5. The molecule has 3 rings (SSSR count). The van der Waals surface area contributed by atoms with Gasteiger partial charge in [0.05, 0.1) is 13.2 Å². The van der Waals surface area contributed by atoms with Gasteiger partial charge >= 0.3 is 0 Å². The summed E-state index contributed by atoms with van der Waals surface area (Å²) in [5.74, 6) is 2.22. The highest BCUT2D eigenvalue weighted by Crippen LogP contribution is 2.29. The largest absolute Gasteiger partial charge is 0.490 e. The lowest BCUT2D eigenvalue weighted by atomic mass is 10.1. The molecular formula is C26H28O4S. The van der Waals surface area contributed by atoms with Crippen LogP contribution in [0.4, 0.5) is 0 Å². The molecule has 0 unspecified atom stereocenters. The molecule has 0 saturated heterocycles. The van der Waals surface area contributed by atoms with Crippen LogP contribution in [0.1, 0.15) is 45.1 Å². The van der Waals surface area contributed by atoms with Crippen LogP contribution in [0.5, 0.6) is 17.2 Å². The summed E-state index contributed by atoms with van der Waals surface area (Å²) in [6.45, 7) is 9.46. The van der Waals surface area contributed by atoms with Gasteiger partial charge in [-0.2, -0.15) is 0 Å². The van der Waals surface area contributed by atoms with E-state index in [1.54, 1.807) is 17.4 Å². The Morgan fingerprint density at radius 2 is 1.71 bits per heavy atom. The lowest BCUT2D eigenvalue weighted by molar-refractivity contribution is 0.104. The third-order valence-corrected chi connectivity index (χ3v) is 5.57. The molecule has 0 fully saturated rings. The summed E-state index contributed by atoms with van der Waals surface area (Å²) >= 11 is 1.64. The smallest absolute Gasteiger partial charge is 0.186 e. The van der Waals surface area contributed by atoms with Crippen molar-refractivity contribution in [2.75, 3.05) is 13.2 Å². The number of rotatable bonds is 10. The number of benzene rings is 2. The molecule has 0 N–H and O–H groups in total. The topological polar surface area (TPSA) is 44.8 Å². The summed E-state index contributed by atoms with van der Waals surface area (Å²) in [5, 5.41) is 0. The van der Waals surface area contributed by atoms with Crippen molar-refractivity contribution in [1.82, 2.24) is 0 Å². The van der Waals surface area contributed by atoms with E-state index in [1.807, 2.05) is 82.3 Å². The Morgan fingerprint density at radius 3 is 2.42 bits per heavy atom. The van der Waals surface area contributed by atoms with E-state index in [9.17, 15) is 4.79 Å². The summed E-state index contributed by atoms with van der Waals surface area (Å²) in [5.41, 5.74) is 2.68. The number of thiophene rings is 1. The second kappa shape index (κ2) is 10.8. The molecule has 4 nitrogen and oxygen atoms in total. The molecule has 0 saturated carbocycles. The maximum Gasteiger partial charge on any atom is 0.186 e. The van der Waals surface area contributed by atoms with E-state index in [0.717, 1.165) is 43.7 Å². The molecule has 0 amide bonds. The number of hydrogen-bond donors (Lipinski definition) is 0. The first kappa shape index (κ1) is 22.6. The van der Waals surface area contributed by atoms with Crippen LogP contribution in [-0.2, 0) is 6.61 Å². The van der Waals surface area contributed by atoms with Crippen molar-refractivity contribution >= 4 is 23.2 Å². The van der Waals surface area contributed by atoms with Crippen molar-refractivity contribution in [2.24, 2.45) is 0 Å². The summed E-state index contributed by atoms with van der Waals surface area (Å²) in [6.07, 6.45) is 3.44. The molecule has 0 atom stereocenters. The number of hydrogen-bond acceptors (Lipinski definition) is 5. The van der Waals surface area contributed by atoms with Crippen LogP contribution in [0.2, 0.25) is 0 Å². The van der Waals surface area contributed by atoms with Crippen LogP contribution < -0.4 is 14.2 Å². The van der Waals surface area contributed by atoms with E-state index in [-0.39, 0.29) is 5.78 Å². The maximum absolute atomic E-state index is 12.5. The quantitative estimate of drug-likeness (QED) is 0.264. The average Bonchev–Trinajstić information content (AvgIpc) is 3.11. The second-order valence-electron chi connectivity index (χ2n) is 7.03. The standard InChI is InChI=1S/C26H28O4S/c1-5-28-25-13-11-21(16-26(25)29-6-2)17-30-22-9-7-8-20(15-22)10-12-24(27)23-14-18(3)31-19(23)4/h7-16H,5-6,17H2,1-4H3/b12-10+. The van der Waals surface area contributed by atoms with E-state index < -0.39 is 0 Å². The minimum atomic E-state index is 0.0195. The van der Waals surface area contributed by atoms with Crippen molar-refractivity contribution in [3.8, 4) is 17.2 Å². The van der Waals surface area contributed by atoms with Gasteiger partial charge in [0, 0.05) is 15.3 Å². The first-order valence-corrected chi connectivity index (χ1v) is 11.2. The highest BCUT2D eigenvalue weighted by Gasteiger charge is 2.09. The molecule has 3 aromatic rings. The third-order valence-electron chi connectivity index (χ3n) is 4.60. The fourth-order valence-electron chi connectivity index (χ4n) is 3.20. The summed E-state index contributed by atoms with van der Waals surface area (Å²) in [7, 11) is 0. The SMILES string of the molecule is CCOc1ccc(COc2cccc(/C=C/C(=O)c3cc(C)sc3C)c2)cc1OCC. The van der Waals surface area contributed by atoms with Gasteiger partial charge in [0.25, 0.3) is 0 Å². The van der Waals surface area contributed by atoms with Crippen molar-refractivity contribution in [2.45, 2.75) is 34.3 Å². The molecule has 31 heavy (non-hydrogen) atoms. The molecule has 0 bridgehead atoms. The summed E-state index contributed by atoms with van der Waals surface area (Å²) in [4.78, 5) is 14.7. The fraction of sp³-hybridized carbons (Fsp3) is 0.269. The lowest BCUT2D eigenvalue weighted by Gasteiger charge is -2.13. The van der Waals surface area contributed by atoms with Gasteiger partial charge in [-0.15, -0.1) is 11.3 Å². The molecule has 1 aromatic heterocycles. The predicted octanol–water partition coefficient (Wildman–Crippen LogP) is 6.64. The number of ether oxygens (including phenoxy) is 3. The molecule has 1 heterocycles. The van der Waals surface area contributed by atoms with Gasteiger partial charge in [-0.25, -0.2) is 0 Å². The Morgan fingerprint density at radius 1 is 0.935 bits per heavy atom. The number of aryl methyl sites for hydroxylation is 2. The van der Waals surface area contributed by atoms with E-state index in [1.165, 1.54) is 0 Å². The van der Waals surface area contributed by atoms with E-state index >= 15 is 0 Å². The number of carbonyl (C=O) groups excluding carboxylic acids is 1. The minimum absolute atomic E-state index is 0.0195. The van der Waals surface area contributed by atoms with Gasteiger partial charge in [0.1, 0.15) is 12.4 Å². The normalized spacial score (nSPS) is 11.0. The highest BCUT2D eigenvalue weighted by molar-refractivity contribution is 7.12. The van der Waals surface area contributed by atoms with Crippen LogP contribution >= 0.6 is 11.3 Å². The molecule has 0 aliphatic carbocycles. The van der Waals surface area contributed by atoms with Crippen LogP contribution in [0.15, 0.2) is 54.6 Å². The zero-order chi connectivity index (χ0) is 22.2. The zero-order valence-corrected chi connectivity index (χ0v) is 19.3.